The van der Waals surface area contributed by atoms with E-state index in [9.17, 15) is 4.79 Å². The van der Waals surface area contributed by atoms with Gasteiger partial charge in [0.15, 0.2) is 0 Å². The number of amides is 1. The van der Waals surface area contributed by atoms with Crippen LogP contribution in [0.5, 0.6) is 0 Å². The van der Waals surface area contributed by atoms with Gasteiger partial charge in [-0.25, -0.2) is 0 Å². The molecule has 1 aromatic carbocycles. The van der Waals surface area contributed by atoms with Crippen molar-refractivity contribution in [2.24, 2.45) is 0 Å². The molecule has 4 rings (SSSR count). The molecule has 0 radical (unpaired) electrons. The molecule has 3 aromatic rings. The van der Waals surface area contributed by atoms with Crippen molar-refractivity contribution in [3.05, 3.63) is 76.6 Å². The van der Waals surface area contributed by atoms with Gasteiger partial charge in [0.05, 0.1) is 5.69 Å². The second-order valence-electron chi connectivity index (χ2n) is 9.77. The molecule has 1 fully saturated rings. The molecule has 0 aliphatic carbocycles. The molecule has 1 N–H and O–H groups in total. The summed E-state index contributed by atoms with van der Waals surface area (Å²) in [5, 5.41) is 11.7. The van der Waals surface area contributed by atoms with E-state index in [1.165, 1.54) is 11.1 Å². The van der Waals surface area contributed by atoms with Gasteiger partial charge >= 0.3 is 0 Å². The van der Waals surface area contributed by atoms with Gasteiger partial charge in [0.25, 0.3) is 5.91 Å². The molecular weight excluding hydrogens is 472 g/mol. The Labute approximate surface area is 228 Å². The molecule has 1 aliphatic rings. The predicted octanol–water partition coefficient (Wildman–Crippen LogP) is 5.90. The molecule has 0 saturated carbocycles. The molecule has 38 heavy (non-hydrogen) atoms. The third-order valence-electron chi connectivity index (χ3n) is 6.87. The fraction of sp³-hybridized carbons (Fsp3) is 0.419. The zero-order valence-electron chi connectivity index (χ0n) is 24.0. The number of hydrogen-bond donors (Lipinski definition) is 1. The van der Waals surface area contributed by atoms with Gasteiger partial charge in [-0.2, -0.15) is 0 Å². The van der Waals surface area contributed by atoms with Crippen LogP contribution in [0.25, 0.3) is 17.3 Å². The van der Waals surface area contributed by atoms with Crippen LogP contribution in [0.1, 0.15) is 66.7 Å². The van der Waals surface area contributed by atoms with E-state index in [0.29, 0.717) is 5.92 Å². The Morgan fingerprint density at radius 1 is 1.05 bits per heavy atom. The van der Waals surface area contributed by atoms with Crippen LogP contribution in [-0.2, 0) is 0 Å². The summed E-state index contributed by atoms with van der Waals surface area (Å²) in [5.41, 5.74) is 7.36. The fourth-order valence-corrected chi connectivity index (χ4v) is 4.82. The number of likely N-dealkylation sites (tertiary alicyclic amines) is 1. The highest BCUT2D eigenvalue weighted by Crippen LogP contribution is 2.30. The minimum absolute atomic E-state index is 0.0488. The van der Waals surface area contributed by atoms with E-state index in [-0.39, 0.29) is 5.91 Å². The van der Waals surface area contributed by atoms with Crippen LogP contribution in [0, 0.1) is 6.92 Å². The van der Waals surface area contributed by atoms with E-state index in [1.54, 1.807) is 19.0 Å². The Hall–Kier alpha value is -3.58. The van der Waals surface area contributed by atoms with E-state index in [0.717, 1.165) is 66.4 Å². The number of pyridine rings is 1. The van der Waals surface area contributed by atoms with Crippen LogP contribution in [0.15, 0.2) is 54.2 Å². The summed E-state index contributed by atoms with van der Waals surface area (Å²) < 4.78 is 0. The molecule has 2 aromatic heterocycles. The number of anilines is 1. The number of benzene rings is 1. The first-order chi connectivity index (χ1) is 18.4. The van der Waals surface area contributed by atoms with Crippen molar-refractivity contribution < 1.29 is 4.79 Å². The van der Waals surface area contributed by atoms with Gasteiger partial charge < -0.3 is 10.2 Å². The highest BCUT2D eigenvalue weighted by atomic mass is 16.2. The first kappa shape index (κ1) is 29.0. The lowest BCUT2D eigenvalue weighted by Gasteiger charge is -2.32. The average molecular weight is 515 g/mol. The summed E-state index contributed by atoms with van der Waals surface area (Å²) in [5.74, 6) is 1.34. The molecule has 202 valence electrons. The second kappa shape index (κ2) is 13.8. The van der Waals surface area contributed by atoms with Crippen molar-refractivity contribution >= 4 is 17.8 Å². The van der Waals surface area contributed by atoms with Crippen molar-refractivity contribution in [3.8, 4) is 11.3 Å². The normalized spacial score (nSPS) is 14.4. The summed E-state index contributed by atoms with van der Waals surface area (Å²) in [4.78, 5) is 20.8. The molecule has 1 aliphatic heterocycles. The highest BCUT2D eigenvalue weighted by Gasteiger charge is 2.21. The maximum Gasteiger partial charge on any atom is 0.253 e. The maximum absolute atomic E-state index is 12.2. The molecule has 0 bridgehead atoms. The number of aromatic nitrogens is 3. The van der Waals surface area contributed by atoms with Gasteiger partial charge in [0, 0.05) is 56.3 Å². The van der Waals surface area contributed by atoms with Gasteiger partial charge in [0.1, 0.15) is 5.82 Å². The topological polar surface area (TPSA) is 74.2 Å². The fourth-order valence-electron chi connectivity index (χ4n) is 4.82. The lowest BCUT2D eigenvalue weighted by molar-refractivity contribution is 0.0827. The second-order valence-corrected chi connectivity index (χ2v) is 9.77. The van der Waals surface area contributed by atoms with Crippen LogP contribution in [0.4, 0.5) is 5.82 Å². The Morgan fingerprint density at radius 3 is 2.32 bits per heavy atom. The van der Waals surface area contributed by atoms with E-state index >= 15 is 0 Å². The van der Waals surface area contributed by atoms with E-state index in [4.69, 9.17) is 0 Å². The Kier molecular flexibility index (Phi) is 10.5. The molecule has 7 nitrogen and oxygen atoms in total. The molecule has 0 atom stereocenters. The molecule has 7 heteroatoms. The van der Waals surface area contributed by atoms with Crippen molar-refractivity contribution in [1.29, 1.82) is 0 Å². The van der Waals surface area contributed by atoms with Crippen molar-refractivity contribution in [1.82, 2.24) is 25.0 Å². The van der Waals surface area contributed by atoms with Crippen molar-refractivity contribution in [2.45, 2.75) is 46.5 Å². The van der Waals surface area contributed by atoms with Crippen molar-refractivity contribution in [3.63, 3.8) is 0 Å². The molecule has 0 spiro atoms. The van der Waals surface area contributed by atoms with Crippen LogP contribution < -0.4 is 5.32 Å². The number of piperidine rings is 1. The third kappa shape index (κ3) is 7.25. The van der Waals surface area contributed by atoms with Crippen LogP contribution in [0.3, 0.4) is 0 Å². The SMILES string of the molecule is CC.CNc1ccc(-c2ccnc(C)c2/C=C(\C)CN2CCC(c3ccc(C(=O)N(C)C)cc3)CC2)nn1. The third-order valence-corrected chi connectivity index (χ3v) is 6.87. The van der Waals surface area contributed by atoms with E-state index in [2.05, 4.69) is 50.5 Å². The van der Waals surface area contributed by atoms with Gasteiger partial charge in [0.2, 0.25) is 0 Å². The number of nitrogens with zero attached hydrogens (tertiary/aromatic N) is 5. The number of aryl methyl sites for hydroxylation is 1. The maximum atomic E-state index is 12.2. The zero-order chi connectivity index (χ0) is 27.7. The Bertz CT molecular complexity index is 1210. The molecule has 1 amide bonds. The minimum atomic E-state index is 0.0488. The molecule has 3 heterocycles. The van der Waals surface area contributed by atoms with Crippen molar-refractivity contribution in [2.75, 3.05) is 46.1 Å². The first-order valence-electron chi connectivity index (χ1n) is 13.5. The monoisotopic (exact) mass is 514 g/mol. The van der Waals surface area contributed by atoms with Crippen LogP contribution in [-0.4, -0.2) is 71.7 Å². The number of carbonyl (C=O) groups is 1. The minimum Gasteiger partial charge on any atom is -0.372 e. The van der Waals surface area contributed by atoms with Crippen LogP contribution in [0.2, 0.25) is 0 Å². The summed E-state index contributed by atoms with van der Waals surface area (Å²) >= 11 is 0. The smallest absolute Gasteiger partial charge is 0.253 e. The van der Waals surface area contributed by atoms with E-state index in [1.807, 2.05) is 64.3 Å². The summed E-state index contributed by atoms with van der Waals surface area (Å²) in [6.07, 6.45) is 6.33. The van der Waals surface area contributed by atoms with Gasteiger partial charge in [-0.3, -0.25) is 14.7 Å². The van der Waals surface area contributed by atoms with Gasteiger partial charge in [-0.15, -0.1) is 10.2 Å². The average Bonchev–Trinajstić information content (AvgIpc) is 2.95. The highest BCUT2D eigenvalue weighted by molar-refractivity contribution is 5.93. The summed E-state index contributed by atoms with van der Waals surface area (Å²) in [6.45, 7) is 11.3. The molecule has 1 saturated heterocycles. The summed E-state index contributed by atoms with van der Waals surface area (Å²) in [6, 6.07) is 14.1. The number of carbonyl (C=O) groups excluding carboxylic acids is 1. The number of rotatable bonds is 7. The first-order valence-corrected chi connectivity index (χ1v) is 13.5. The van der Waals surface area contributed by atoms with Gasteiger partial charge in [-0.1, -0.05) is 37.6 Å². The zero-order valence-corrected chi connectivity index (χ0v) is 24.0. The Morgan fingerprint density at radius 2 is 1.74 bits per heavy atom. The number of nitrogens with one attached hydrogen (secondary N) is 1. The Balaban J connectivity index is 0.00000195. The standard InChI is InChI=1S/C29H36N6O.C2H6/c1-20(18-26-21(2)31-15-12-25(26)27-10-11-28(30-3)33-32-27)19-35-16-13-23(14-17-35)22-6-8-24(9-7-22)29(36)34(4)5;1-2/h6-12,15,18,23H,13-14,16-17,19H2,1-5H3,(H,30,33);1-2H3/b20-18+;. The lowest BCUT2D eigenvalue weighted by Crippen LogP contribution is -2.34. The quantitative estimate of drug-likeness (QED) is 0.423. The van der Waals surface area contributed by atoms with Crippen LogP contribution >= 0.6 is 0 Å². The van der Waals surface area contributed by atoms with E-state index < -0.39 is 0 Å². The lowest BCUT2D eigenvalue weighted by atomic mass is 9.88. The summed E-state index contributed by atoms with van der Waals surface area (Å²) in [7, 11) is 5.41. The molecule has 0 unspecified atom stereocenters. The number of hydrogen-bond acceptors (Lipinski definition) is 6. The predicted molar refractivity (Wildman–Crippen MR) is 157 cm³/mol. The van der Waals surface area contributed by atoms with Gasteiger partial charge in [-0.05, 0) is 81.6 Å². The largest absolute Gasteiger partial charge is 0.372 e. The molecular formula is C31H42N6O.